The van der Waals surface area contributed by atoms with Crippen LogP contribution in [0.25, 0.3) is 0 Å². The molecule has 0 heterocycles. The summed E-state index contributed by atoms with van der Waals surface area (Å²) in [5.41, 5.74) is 1.53. The molecule has 122 valence electrons. The maximum atomic E-state index is 11.9. The van der Waals surface area contributed by atoms with Gasteiger partial charge in [-0.15, -0.1) is 0 Å². The third-order valence-corrected chi connectivity index (χ3v) is 3.40. The molecule has 23 heavy (non-hydrogen) atoms. The van der Waals surface area contributed by atoms with E-state index in [-0.39, 0.29) is 12.5 Å². The van der Waals surface area contributed by atoms with Crippen molar-refractivity contribution >= 4 is 28.9 Å². The normalized spacial score (nSPS) is 10.2. The van der Waals surface area contributed by atoms with Crippen LogP contribution >= 0.6 is 11.6 Å². The molecule has 4 nitrogen and oxygen atoms in total. The van der Waals surface area contributed by atoms with Gasteiger partial charge in [0.25, 0.3) is 0 Å². The molecule has 0 radical (unpaired) electrons. The van der Waals surface area contributed by atoms with Gasteiger partial charge in [0.15, 0.2) is 0 Å². The lowest BCUT2D eigenvalue weighted by Crippen LogP contribution is -2.21. The SMILES string of the molecule is CCCCOc1cccc(NCC(=O)Nc2cccc(Cl)c2)c1. The summed E-state index contributed by atoms with van der Waals surface area (Å²) in [6, 6.07) is 14.7. The number of ether oxygens (including phenoxy) is 1. The maximum Gasteiger partial charge on any atom is 0.243 e. The molecule has 0 aromatic heterocycles. The Kier molecular flexibility index (Phi) is 6.76. The van der Waals surface area contributed by atoms with E-state index in [9.17, 15) is 4.79 Å². The van der Waals surface area contributed by atoms with Gasteiger partial charge in [-0.25, -0.2) is 0 Å². The molecule has 0 spiro atoms. The minimum Gasteiger partial charge on any atom is -0.494 e. The molecule has 2 rings (SSSR count). The summed E-state index contributed by atoms with van der Waals surface area (Å²) >= 11 is 5.89. The number of benzene rings is 2. The second kappa shape index (κ2) is 9.06. The predicted molar refractivity (Wildman–Crippen MR) is 95.4 cm³/mol. The number of hydrogen-bond donors (Lipinski definition) is 2. The summed E-state index contributed by atoms with van der Waals surface area (Å²) in [4.78, 5) is 11.9. The second-order valence-corrected chi connectivity index (χ2v) is 5.58. The van der Waals surface area contributed by atoms with Gasteiger partial charge in [-0.3, -0.25) is 4.79 Å². The highest BCUT2D eigenvalue weighted by Gasteiger charge is 2.03. The van der Waals surface area contributed by atoms with Gasteiger partial charge in [0.05, 0.1) is 13.2 Å². The van der Waals surface area contributed by atoms with Crippen LogP contribution in [-0.2, 0) is 4.79 Å². The van der Waals surface area contributed by atoms with Crippen LogP contribution in [0.3, 0.4) is 0 Å². The number of nitrogens with one attached hydrogen (secondary N) is 2. The molecule has 0 bridgehead atoms. The summed E-state index contributed by atoms with van der Waals surface area (Å²) < 4.78 is 5.65. The molecule has 0 atom stereocenters. The van der Waals surface area contributed by atoms with Crippen molar-refractivity contribution in [1.82, 2.24) is 0 Å². The molecular formula is C18H21ClN2O2. The fourth-order valence-electron chi connectivity index (χ4n) is 1.98. The number of anilines is 2. The zero-order valence-electron chi connectivity index (χ0n) is 13.1. The second-order valence-electron chi connectivity index (χ2n) is 5.14. The van der Waals surface area contributed by atoms with Crippen LogP contribution in [-0.4, -0.2) is 19.1 Å². The molecule has 0 saturated heterocycles. The minimum absolute atomic E-state index is 0.135. The van der Waals surface area contributed by atoms with Crippen LogP contribution in [0.4, 0.5) is 11.4 Å². The van der Waals surface area contributed by atoms with Crippen molar-refractivity contribution in [3.8, 4) is 5.75 Å². The summed E-state index contributed by atoms with van der Waals surface area (Å²) in [7, 11) is 0. The van der Waals surface area contributed by atoms with Crippen molar-refractivity contribution in [3.05, 3.63) is 53.6 Å². The fraction of sp³-hybridized carbons (Fsp3) is 0.278. The van der Waals surface area contributed by atoms with E-state index in [1.165, 1.54) is 0 Å². The van der Waals surface area contributed by atoms with Gasteiger partial charge in [0.2, 0.25) is 5.91 Å². The van der Waals surface area contributed by atoms with Gasteiger partial charge in [-0.1, -0.05) is 37.1 Å². The molecular weight excluding hydrogens is 312 g/mol. The van der Waals surface area contributed by atoms with Crippen molar-refractivity contribution < 1.29 is 9.53 Å². The van der Waals surface area contributed by atoms with Gasteiger partial charge < -0.3 is 15.4 Å². The van der Waals surface area contributed by atoms with E-state index in [2.05, 4.69) is 17.6 Å². The lowest BCUT2D eigenvalue weighted by Gasteiger charge is -2.10. The van der Waals surface area contributed by atoms with Crippen LogP contribution in [0.5, 0.6) is 5.75 Å². The Labute approximate surface area is 141 Å². The first-order valence-electron chi connectivity index (χ1n) is 7.69. The highest BCUT2D eigenvalue weighted by molar-refractivity contribution is 6.30. The Morgan fingerprint density at radius 2 is 1.91 bits per heavy atom. The van der Waals surface area contributed by atoms with Crippen molar-refractivity contribution in [2.75, 3.05) is 23.8 Å². The van der Waals surface area contributed by atoms with Crippen molar-refractivity contribution in [1.29, 1.82) is 0 Å². The van der Waals surface area contributed by atoms with Gasteiger partial charge in [0.1, 0.15) is 5.75 Å². The Hall–Kier alpha value is -2.20. The maximum absolute atomic E-state index is 11.9. The Balaban J connectivity index is 1.83. The van der Waals surface area contributed by atoms with E-state index in [0.29, 0.717) is 17.3 Å². The smallest absolute Gasteiger partial charge is 0.243 e. The van der Waals surface area contributed by atoms with E-state index in [1.807, 2.05) is 24.3 Å². The standard InChI is InChI=1S/C18H21ClN2O2/c1-2-3-10-23-17-9-5-7-15(12-17)20-13-18(22)21-16-8-4-6-14(19)11-16/h4-9,11-12,20H,2-3,10,13H2,1H3,(H,21,22). The van der Waals surface area contributed by atoms with E-state index >= 15 is 0 Å². The third-order valence-electron chi connectivity index (χ3n) is 3.16. The molecule has 1 amide bonds. The predicted octanol–water partition coefficient (Wildman–Crippen LogP) is 4.57. The first kappa shape index (κ1) is 17.2. The monoisotopic (exact) mass is 332 g/mol. The first-order chi connectivity index (χ1) is 11.2. The first-order valence-corrected chi connectivity index (χ1v) is 8.07. The van der Waals surface area contributed by atoms with E-state index in [4.69, 9.17) is 16.3 Å². The zero-order valence-corrected chi connectivity index (χ0v) is 13.9. The van der Waals surface area contributed by atoms with Crippen LogP contribution < -0.4 is 15.4 Å². The number of amides is 1. The number of unbranched alkanes of at least 4 members (excludes halogenated alkanes) is 1. The molecule has 0 aliphatic heterocycles. The van der Waals surface area contributed by atoms with E-state index in [1.54, 1.807) is 24.3 Å². The van der Waals surface area contributed by atoms with Crippen LogP contribution in [0, 0.1) is 0 Å². The number of carbonyl (C=O) groups excluding carboxylic acids is 1. The van der Waals surface area contributed by atoms with Crippen LogP contribution in [0.2, 0.25) is 5.02 Å². The molecule has 5 heteroatoms. The summed E-state index contributed by atoms with van der Waals surface area (Å²) in [5, 5.41) is 6.47. The summed E-state index contributed by atoms with van der Waals surface area (Å²) in [5.74, 6) is 0.670. The number of carbonyl (C=O) groups is 1. The zero-order chi connectivity index (χ0) is 16.5. The van der Waals surface area contributed by atoms with Crippen molar-refractivity contribution in [3.63, 3.8) is 0 Å². The lowest BCUT2D eigenvalue weighted by atomic mass is 10.3. The third kappa shape index (κ3) is 6.20. The minimum atomic E-state index is -0.135. The molecule has 2 N–H and O–H groups in total. The fourth-order valence-corrected chi connectivity index (χ4v) is 2.17. The molecule has 0 aliphatic rings. The van der Waals surface area contributed by atoms with Gasteiger partial charge >= 0.3 is 0 Å². The van der Waals surface area contributed by atoms with Crippen LogP contribution in [0.15, 0.2) is 48.5 Å². The average molecular weight is 333 g/mol. The van der Waals surface area contributed by atoms with Crippen molar-refractivity contribution in [2.24, 2.45) is 0 Å². The Bertz CT molecular complexity index is 646. The van der Waals surface area contributed by atoms with Gasteiger partial charge in [-0.05, 0) is 36.8 Å². The molecule has 2 aromatic carbocycles. The van der Waals surface area contributed by atoms with E-state index < -0.39 is 0 Å². The molecule has 0 unspecified atom stereocenters. The summed E-state index contributed by atoms with van der Waals surface area (Å²) in [6.45, 7) is 3.00. The molecule has 2 aromatic rings. The molecule has 0 fully saturated rings. The topological polar surface area (TPSA) is 50.4 Å². The quantitative estimate of drug-likeness (QED) is 0.696. The Morgan fingerprint density at radius 1 is 1.13 bits per heavy atom. The van der Waals surface area contributed by atoms with Crippen LogP contribution in [0.1, 0.15) is 19.8 Å². The largest absolute Gasteiger partial charge is 0.494 e. The van der Waals surface area contributed by atoms with Gasteiger partial charge in [0, 0.05) is 22.5 Å². The lowest BCUT2D eigenvalue weighted by molar-refractivity contribution is -0.114. The van der Waals surface area contributed by atoms with Crippen molar-refractivity contribution in [2.45, 2.75) is 19.8 Å². The number of rotatable bonds is 8. The Morgan fingerprint density at radius 3 is 2.70 bits per heavy atom. The van der Waals surface area contributed by atoms with E-state index in [0.717, 1.165) is 24.3 Å². The summed E-state index contributed by atoms with van der Waals surface area (Å²) in [6.07, 6.45) is 2.13. The molecule has 0 aliphatic carbocycles. The highest BCUT2D eigenvalue weighted by Crippen LogP contribution is 2.18. The number of halogens is 1. The molecule has 0 saturated carbocycles. The highest BCUT2D eigenvalue weighted by atomic mass is 35.5. The van der Waals surface area contributed by atoms with Gasteiger partial charge in [-0.2, -0.15) is 0 Å². The number of hydrogen-bond acceptors (Lipinski definition) is 3. The average Bonchev–Trinajstić information content (AvgIpc) is 2.54.